The first kappa shape index (κ1) is 23.7. The van der Waals surface area contributed by atoms with Gasteiger partial charge in [-0.3, -0.25) is 14.5 Å². The van der Waals surface area contributed by atoms with Crippen molar-refractivity contribution in [3.05, 3.63) is 41.6 Å². The Morgan fingerprint density at radius 2 is 1.89 bits per heavy atom. The lowest BCUT2D eigenvalue weighted by molar-refractivity contribution is -0.117. The van der Waals surface area contributed by atoms with E-state index in [0.29, 0.717) is 24.6 Å². The van der Waals surface area contributed by atoms with Crippen LogP contribution in [-0.4, -0.2) is 75.4 Å². The van der Waals surface area contributed by atoms with E-state index in [1.54, 1.807) is 6.07 Å². The molecule has 12 nitrogen and oxygen atoms in total. The van der Waals surface area contributed by atoms with Crippen molar-refractivity contribution < 1.29 is 9.59 Å². The second-order valence-electron chi connectivity index (χ2n) is 9.10. The zero-order valence-corrected chi connectivity index (χ0v) is 20.7. The summed E-state index contributed by atoms with van der Waals surface area (Å²) in [5, 5.41) is 21.5. The van der Waals surface area contributed by atoms with Crippen LogP contribution in [0.25, 0.3) is 5.69 Å². The molecule has 188 valence electrons. The smallest absolute Gasteiger partial charge is 0.273 e. The van der Waals surface area contributed by atoms with Crippen LogP contribution in [0.4, 0.5) is 22.9 Å². The Balaban J connectivity index is 1.44. The van der Waals surface area contributed by atoms with Gasteiger partial charge in [-0.05, 0) is 45.0 Å². The molecule has 2 amide bonds. The number of hydrogen-bond acceptors (Lipinski definition) is 9. The van der Waals surface area contributed by atoms with Crippen molar-refractivity contribution in [2.24, 2.45) is 0 Å². The predicted molar refractivity (Wildman–Crippen MR) is 136 cm³/mol. The monoisotopic (exact) mass is 490 g/mol. The van der Waals surface area contributed by atoms with E-state index in [4.69, 9.17) is 0 Å². The average Bonchev–Trinajstić information content (AvgIpc) is 3.24. The van der Waals surface area contributed by atoms with E-state index in [-0.39, 0.29) is 23.3 Å². The Hall–Kier alpha value is -4.06. The van der Waals surface area contributed by atoms with Crippen LogP contribution in [0, 0.1) is 6.92 Å². The van der Waals surface area contributed by atoms with E-state index in [2.05, 4.69) is 46.0 Å². The lowest BCUT2D eigenvalue weighted by Gasteiger charge is -2.29. The average molecular weight is 491 g/mol. The zero-order valence-electron chi connectivity index (χ0n) is 20.7. The van der Waals surface area contributed by atoms with Crippen LogP contribution in [0.2, 0.25) is 0 Å². The van der Waals surface area contributed by atoms with E-state index in [1.165, 1.54) is 13.5 Å². The number of carbonyl (C=O) groups is 2. The molecule has 1 fully saturated rings. The van der Waals surface area contributed by atoms with Crippen molar-refractivity contribution >= 4 is 34.7 Å². The van der Waals surface area contributed by atoms with E-state index in [1.807, 2.05) is 36.9 Å². The maximum Gasteiger partial charge on any atom is 0.273 e. The minimum absolute atomic E-state index is 0.125. The van der Waals surface area contributed by atoms with Crippen molar-refractivity contribution in [3.63, 3.8) is 0 Å². The van der Waals surface area contributed by atoms with Gasteiger partial charge < -0.3 is 20.9 Å². The summed E-state index contributed by atoms with van der Waals surface area (Å²) in [5.74, 6) is 1.29. The first-order valence-corrected chi connectivity index (χ1v) is 12.1. The summed E-state index contributed by atoms with van der Waals surface area (Å²) in [4.78, 5) is 33.9. The number of benzene rings is 1. The molecule has 2 aliphatic heterocycles. The summed E-state index contributed by atoms with van der Waals surface area (Å²) in [6, 6.07) is 7.45. The van der Waals surface area contributed by atoms with Crippen LogP contribution in [0.15, 0.2) is 24.3 Å². The number of likely N-dealkylation sites (tertiary alicyclic amines) is 1. The van der Waals surface area contributed by atoms with Gasteiger partial charge in [-0.2, -0.15) is 5.10 Å². The van der Waals surface area contributed by atoms with Gasteiger partial charge in [0.2, 0.25) is 5.91 Å². The molecule has 36 heavy (non-hydrogen) atoms. The van der Waals surface area contributed by atoms with Crippen molar-refractivity contribution in [3.8, 4) is 5.69 Å². The molecule has 0 radical (unpaired) electrons. The summed E-state index contributed by atoms with van der Waals surface area (Å²) in [6.07, 6.45) is 3.41. The number of anilines is 4. The van der Waals surface area contributed by atoms with Gasteiger partial charge in [0, 0.05) is 20.2 Å². The SMILES string of the molecule is CNC(=O)c1nnc(NC(=O)CN2CCCCC2)cc1Nc1cccc2c1N(C)Cc1nc(C)nn1-2. The molecule has 0 aliphatic carbocycles. The minimum atomic E-state index is -0.386. The fraction of sp³-hybridized carbons (Fsp3) is 0.417. The van der Waals surface area contributed by atoms with Crippen molar-refractivity contribution in [1.29, 1.82) is 0 Å². The van der Waals surface area contributed by atoms with Crippen molar-refractivity contribution in [2.75, 3.05) is 49.3 Å². The van der Waals surface area contributed by atoms with Crippen molar-refractivity contribution in [1.82, 2.24) is 35.2 Å². The molecule has 5 rings (SSSR count). The number of piperidine rings is 1. The topological polar surface area (TPSA) is 133 Å². The molecule has 12 heteroatoms. The largest absolute Gasteiger partial charge is 0.364 e. The fourth-order valence-electron chi connectivity index (χ4n) is 4.73. The summed E-state index contributed by atoms with van der Waals surface area (Å²) in [7, 11) is 3.52. The van der Waals surface area contributed by atoms with Gasteiger partial charge >= 0.3 is 0 Å². The number of aromatic nitrogens is 5. The molecule has 0 atom stereocenters. The van der Waals surface area contributed by atoms with E-state index >= 15 is 0 Å². The molecule has 1 saturated heterocycles. The van der Waals surface area contributed by atoms with Crippen LogP contribution in [0.3, 0.4) is 0 Å². The molecule has 4 heterocycles. The molecular formula is C24H30N10O2. The third-order valence-electron chi connectivity index (χ3n) is 6.37. The number of nitrogens with zero attached hydrogens (tertiary/aromatic N) is 7. The van der Waals surface area contributed by atoms with Gasteiger partial charge in [0.05, 0.1) is 35.8 Å². The zero-order chi connectivity index (χ0) is 25.2. The molecule has 0 bridgehead atoms. The summed E-state index contributed by atoms with van der Waals surface area (Å²) >= 11 is 0. The number of amides is 2. The Kier molecular flexibility index (Phi) is 6.51. The highest BCUT2D eigenvalue weighted by Gasteiger charge is 2.26. The lowest BCUT2D eigenvalue weighted by Crippen LogP contribution is -2.37. The molecule has 2 aliphatic rings. The molecule has 2 aromatic heterocycles. The predicted octanol–water partition coefficient (Wildman–Crippen LogP) is 1.84. The van der Waals surface area contributed by atoms with Gasteiger partial charge in [0.1, 0.15) is 5.82 Å². The maximum absolute atomic E-state index is 12.6. The second kappa shape index (κ2) is 9.90. The highest BCUT2D eigenvalue weighted by Crippen LogP contribution is 2.38. The summed E-state index contributed by atoms with van der Waals surface area (Å²) < 4.78 is 1.84. The van der Waals surface area contributed by atoms with Crippen LogP contribution >= 0.6 is 0 Å². The highest BCUT2D eigenvalue weighted by atomic mass is 16.2. The normalized spacial score (nSPS) is 15.1. The Morgan fingerprint density at radius 1 is 1.08 bits per heavy atom. The third kappa shape index (κ3) is 4.71. The molecule has 3 N–H and O–H groups in total. The Morgan fingerprint density at radius 3 is 2.67 bits per heavy atom. The molecular weight excluding hydrogens is 460 g/mol. The first-order valence-electron chi connectivity index (χ1n) is 12.1. The van der Waals surface area contributed by atoms with E-state index in [9.17, 15) is 9.59 Å². The lowest BCUT2D eigenvalue weighted by atomic mass is 10.1. The second-order valence-corrected chi connectivity index (χ2v) is 9.10. The third-order valence-corrected chi connectivity index (χ3v) is 6.37. The first-order chi connectivity index (χ1) is 17.4. The quantitative estimate of drug-likeness (QED) is 0.473. The molecule has 0 saturated carbocycles. The molecule has 1 aromatic carbocycles. The van der Waals surface area contributed by atoms with Crippen molar-refractivity contribution in [2.45, 2.75) is 32.7 Å². The van der Waals surface area contributed by atoms with Crippen LogP contribution in [-0.2, 0) is 11.3 Å². The van der Waals surface area contributed by atoms with Gasteiger partial charge in [-0.1, -0.05) is 12.5 Å². The molecule has 3 aromatic rings. The standard InChI is InChI=1S/C24H30N10O2/c1-15-26-20-13-32(3)23-16(8-7-9-18(23)34(20)31-15)27-17-12-19(29-30-22(17)24(36)25-2)28-21(35)14-33-10-5-4-6-11-33/h7-9,12H,4-6,10-11,13-14H2,1-3H3,(H,25,36)(H2,27,28,29,35). The number of para-hydroxylation sites is 1. The summed E-state index contributed by atoms with van der Waals surface area (Å²) in [5.41, 5.74) is 3.10. The fourth-order valence-corrected chi connectivity index (χ4v) is 4.73. The van der Waals surface area contributed by atoms with E-state index < -0.39 is 0 Å². The van der Waals surface area contributed by atoms with E-state index in [0.717, 1.165) is 48.8 Å². The maximum atomic E-state index is 12.6. The molecule has 0 spiro atoms. The number of rotatable bonds is 6. The Bertz CT molecular complexity index is 1300. The number of aryl methyl sites for hydroxylation is 1. The number of fused-ring (bicyclic) bond motifs is 3. The van der Waals surface area contributed by atoms with Gasteiger partial charge in [0.25, 0.3) is 5.91 Å². The van der Waals surface area contributed by atoms with Crippen LogP contribution in [0.1, 0.15) is 41.4 Å². The van der Waals surface area contributed by atoms with Gasteiger partial charge in [0.15, 0.2) is 17.3 Å². The van der Waals surface area contributed by atoms with Gasteiger partial charge in [-0.15, -0.1) is 10.2 Å². The van der Waals surface area contributed by atoms with Crippen LogP contribution in [0.5, 0.6) is 0 Å². The highest BCUT2D eigenvalue weighted by molar-refractivity contribution is 6.00. The Labute approximate surface area is 209 Å². The number of hydrogen-bond donors (Lipinski definition) is 3. The number of carbonyl (C=O) groups excluding carboxylic acids is 2. The molecule has 0 unspecified atom stereocenters. The summed E-state index contributed by atoms with van der Waals surface area (Å²) in [6.45, 7) is 4.59. The number of nitrogens with one attached hydrogen (secondary N) is 3. The minimum Gasteiger partial charge on any atom is -0.364 e. The van der Waals surface area contributed by atoms with Gasteiger partial charge in [-0.25, -0.2) is 9.67 Å². The van der Waals surface area contributed by atoms with Crippen LogP contribution < -0.4 is 20.9 Å².